The minimum Gasteiger partial charge on any atom is -0.271 e. The molecule has 0 aromatic carbocycles. The second-order valence-electron chi connectivity index (χ2n) is 4.56. The molecule has 0 saturated carbocycles. The standard InChI is InChI=1S/C12H15N5S/c1-7-12(18-17-16-7)11(15-13)9-5-4-8-3-2-6-14-10(8)9/h2-3,6,9,11,15H,4-5,13H2,1H3. The second kappa shape index (κ2) is 4.72. The molecular weight excluding hydrogens is 246 g/mol. The molecular formula is C12H15N5S. The lowest BCUT2D eigenvalue weighted by Crippen LogP contribution is -2.32. The van der Waals surface area contributed by atoms with Crippen molar-refractivity contribution < 1.29 is 0 Å². The number of aryl methyl sites for hydroxylation is 2. The van der Waals surface area contributed by atoms with Gasteiger partial charge in [0.2, 0.25) is 0 Å². The van der Waals surface area contributed by atoms with E-state index in [1.165, 1.54) is 17.1 Å². The fraction of sp³-hybridized carbons (Fsp3) is 0.417. The number of aromatic nitrogens is 3. The number of hydrogen-bond acceptors (Lipinski definition) is 6. The maximum absolute atomic E-state index is 5.74. The van der Waals surface area contributed by atoms with E-state index in [2.05, 4.69) is 26.1 Å². The van der Waals surface area contributed by atoms with E-state index in [9.17, 15) is 0 Å². The zero-order valence-electron chi connectivity index (χ0n) is 10.1. The number of fused-ring (bicyclic) bond motifs is 1. The maximum Gasteiger partial charge on any atom is 0.0773 e. The molecule has 0 amide bonds. The minimum absolute atomic E-state index is 0.0566. The van der Waals surface area contributed by atoms with E-state index in [4.69, 9.17) is 5.84 Å². The third-order valence-corrected chi connectivity index (χ3v) is 4.46. The first-order valence-corrected chi connectivity index (χ1v) is 6.77. The summed E-state index contributed by atoms with van der Waals surface area (Å²) in [5, 5.41) is 4.07. The Morgan fingerprint density at radius 2 is 2.44 bits per heavy atom. The highest BCUT2D eigenvalue weighted by Crippen LogP contribution is 2.41. The van der Waals surface area contributed by atoms with Crippen molar-refractivity contribution in [3.05, 3.63) is 40.2 Å². The van der Waals surface area contributed by atoms with Gasteiger partial charge in [-0.25, -0.2) is 0 Å². The highest BCUT2D eigenvalue weighted by molar-refractivity contribution is 7.05. The predicted molar refractivity (Wildman–Crippen MR) is 70.0 cm³/mol. The molecule has 0 bridgehead atoms. The van der Waals surface area contributed by atoms with Crippen molar-refractivity contribution in [2.75, 3.05) is 0 Å². The molecule has 2 aromatic heterocycles. The zero-order valence-corrected chi connectivity index (χ0v) is 10.9. The van der Waals surface area contributed by atoms with Crippen LogP contribution >= 0.6 is 11.5 Å². The number of nitrogens with zero attached hydrogens (tertiary/aromatic N) is 3. The van der Waals surface area contributed by atoms with Crippen LogP contribution in [-0.2, 0) is 6.42 Å². The van der Waals surface area contributed by atoms with Crippen LogP contribution in [0.25, 0.3) is 0 Å². The highest BCUT2D eigenvalue weighted by Gasteiger charge is 2.33. The summed E-state index contributed by atoms with van der Waals surface area (Å²) in [6.45, 7) is 1.97. The van der Waals surface area contributed by atoms with Crippen molar-refractivity contribution in [2.45, 2.75) is 31.7 Å². The molecule has 1 aliphatic rings. The lowest BCUT2D eigenvalue weighted by molar-refractivity contribution is 0.451. The second-order valence-corrected chi connectivity index (χ2v) is 5.35. The molecule has 3 N–H and O–H groups in total. The quantitative estimate of drug-likeness (QED) is 0.646. The van der Waals surface area contributed by atoms with Gasteiger partial charge in [0.15, 0.2) is 0 Å². The minimum atomic E-state index is 0.0566. The summed E-state index contributed by atoms with van der Waals surface area (Å²) in [6.07, 6.45) is 3.98. The Kier molecular flexibility index (Phi) is 3.07. The molecule has 0 spiro atoms. The Bertz CT molecular complexity index is 553. The smallest absolute Gasteiger partial charge is 0.0773 e. The van der Waals surface area contributed by atoms with Crippen molar-refractivity contribution in [3.63, 3.8) is 0 Å². The number of pyridine rings is 1. The average Bonchev–Trinajstić information content (AvgIpc) is 2.99. The van der Waals surface area contributed by atoms with Gasteiger partial charge in [-0.2, -0.15) is 0 Å². The molecule has 94 valence electrons. The van der Waals surface area contributed by atoms with Gasteiger partial charge < -0.3 is 0 Å². The van der Waals surface area contributed by atoms with Gasteiger partial charge in [0.1, 0.15) is 0 Å². The summed E-state index contributed by atoms with van der Waals surface area (Å²) < 4.78 is 3.99. The van der Waals surface area contributed by atoms with E-state index in [-0.39, 0.29) is 6.04 Å². The van der Waals surface area contributed by atoms with E-state index in [0.29, 0.717) is 5.92 Å². The summed E-state index contributed by atoms with van der Waals surface area (Å²) in [5.74, 6) is 6.06. The van der Waals surface area contributed by atoms with Gasteiger partial charge in [0, 0.05) is 17.8 Å². The summed E-state index contributed by atoms with van der Waals surface area (Å²) >= 11 is 1.41. The van der Waals surface area contributed by atoms with Crippen LogP contribution in [0.3, 0.4) is 0 Å². The van der Waals surface area contributed by atoms with Gasteiger partial charge in [0.25, 0.3) is 0 Å². The molecule has 6 heteroatoms. The summed E-state index contributed by atoms with van der Waals surface area (Å²) in [6, 6.07) is 4.19. The Balaban J connectivity index is 1.98. The van der Waals surface area contributed by atoms with Gasteiger partial charge in [-0.3, -0.25) is 16.3 Å². The normalized spacial score (nSPS) is 19.8. The maximum atomic E-state index is 5.74. The Hall–Kier alpha value is -1.37. The van der Waals surface area contributed by atoms with E-state index >= 15 is 0 Å². The molecule has 18 heavy (non-hydrogen) atoms. The number of nitrogens with two attached hydrogens (primary N) is 1. The summed E-state index contributed by atoms with van der Waals surface area (Å²) in [4.78, 5) is 5.63. The predicted octanol–water partition coefficient (Wildman–Crippen LogP) is 1.48. The first kappa shape index (κ1) is 11.7. The average molecular weight is 261 g/mol. The number of hydrogen-bond donors (Lipinski definition) is 2. The van der Waals surface area contributed by atoms with E-state index in [1.54, 1.807) is 0 Å². The molecule has 1 aliphatic carbocycles. The van der Waals surface area contributed by atoms with Gasteiger partial charge in [-0.15, -0.1) is 5.10 Å². The molecule has 2 aromatic rings. The van der Waals surface area contributed by atoms with Crippen molar-refractivity contribution in [1.82, 2.24) is 20.0 Å². The molecule has 0 fully saturated rings. The summed E-state index contributed by atoms with van der Waals surface area (Å²) in [7, 11) is 0. The van der Waals surface area contributed by atoms with Crippen LogP contribution in [0.2, 0.25) is 0 Å². The highest BCUT2D eigenvalue weighted by atomic mass is 32.1. The number of nitrogens with one attached hydrogen (secondary N) is 1. The van der Waals surface area contributed by atoms with Crippen LogP contribution in [0.5, 0.6) is 0 Å². The van der Waals surface area contributed by atoms with Gasteiger partial charge >= 0.3 is 0 Å². The van der Waals surface area contributed by atoms with Crippen LogP contribution in [0.4, 0.5) is 0 Å². The van der Waals surface area contributed by atoms with Crippen molar-refractivity contribution in [2.24, 2.45) is 5.84 Å². The van der Waals surface area contributed by atoms with Crippen LogP contribution in [0.15, 0.2) is 18.3 Å². The number of rotatable bonds is 3. The molecule has 5 nitrogen and oxygen atoms in total. The molecule has 2 atom stereocenters. The van der Waals surface area contributed by atoms with Crippen molar-refractivity contribution >= 4 is 11.5 Å². The van der Waals surface area contributed by atoms with Crippen molar-refractivity contribution in [1.29, 1.82) is 0 Å². The Labute approximate surface area is 110 Å². The largest absolute Gasteiger partial charge is 0.271 e. The topological polar surface area (TPSA) is 76.7 Å². The fourth-order valence-electron chi connectivity index (χ4n) is 2.67. The third kappa shape index (κ3) is 1.82. The Morgan fingerprint density at radius 1 is 1.56 bits per heavy atom. The molecule has 0 saturated heterocycles. The molecule has 3 rings (SSSR count). The molecule has 0 radical (unpaired) electrons. The molecule has 0 aliphatic heterocycles. The van der Waals surface area contributed by atoms with Crippen LogP contribution in [0, 0.1) is 6.92 Å². The van der Waals surface area contributed by atoms with Crippen LogP contribution in [-0.4, -0.2) is 14.6 Å². The Morgan fingerprint density at radius 3 is 3.17 bits per heavy atom. The summed E-state index contributed by atoms with van der Waals surface area (Å²) in [5.41, 5.74) is 6.36. The first-order valence-electron chi connectivity index (χ1n) is 6.00. The van der Waals surface area contributed by atoms with Crippen LogP contribution in [0.1, 0.15) is 40.2 Å². The van der Waals surface area contributed by atoms with Gasteiger partial charge in [-0.05, 0) is 42.9 Å². The zero-order chi connectivity index (χ0) is 12.5. The van der Waals surface area contributed by atoms with Gasteiger partial charge in [0.05, 0.1) is 16.6 Å². The molecule has 2 heterocycles. The third-order valence-electron chi connectivity index (χ3n) is 3.55. The van der Waals surface area contributed by atoms with E-state index in [0.717, 1.165) is 29.1 Å². The lowest BCUT2D eigenvalue weighted by atomic mass is 9.95. The SMILES string of the molecule is Cc1nnsc1C(NN)C1CCc2cccnc21. The molecule has 2 unspecified atom stereocenters. The van der Waals surface area contributed by atoms with Crippen molar-refractivity contribution in [3.8, 4) is 0 Å². The fourth-order valence-corrected chi connectivity index (χ4v) is 3.44. The lowest BCUT2D eigenvalue weighted by Gasteiger charge is -2.21. The first-order chi connectivity index (χ1) is 8.81. The monoisotopic (exact) mass is 261 g/mol. The van der Waals surface area contributed by atoms with Gasteiger partial charge in [-0.1, -0.05) is 10.6 Å². The van der Waals surface area contributed by atoms with Crippen LogP contribution < -0.4 is 11.3 Å². The number of hydrazine groups is 1. The van der Waals surface area contributed by atoms with E-state index in [1.807, 2.05) is 19.2 Å². The van der Waals surface area contributed by atoms with E-state index < -0.39 is 0 Å².